The van der Waals surface area contributed by atoms with E-state index in [1.807, 2.05) is 0 Å². The predicted octanol–water partition coefficient (Wildman–Crippen LogP) is 7.08. The lowest BCUT2D eigenvalue weighted by Crippen LogP contribution is -2.44. The van der Waals surface area contributed by atoms with Gasteiger partial charge in [0.1, 0.15) is 0 Å². The van der Waals surface area contributed by atoms with E-state index in [0.717, 1.165) is 16.1 Å². The first-order valence-electron chi connectivity index (χ1n) is 8.59. The standard InChI is InChI=1S/C22H20Cl2Si/c1-3-12-25(2,21-17-10-6-4-8-15(17)13-19(21)23)22-18-11-7-5-9-16(18)14-20(22)24/h3-11,13-14,21-22H,1,12H2,2H3. The highest BCUT2D eigenvalue weighted by Crippen LogP contribution is 2.55. The summed E-state index contributed by atoms with van der Waals surface area (Å²) in [5.74, 6) is 0. The molecular weight excluding hydrogens is 363 g/mol. The summed E-state index contributed by atoms with van der Waals surface area (Å²) in [5, 5.41) is 1.90. The first kappa shape index (κ1) is 16.9. The molecule has 0 radical (unpaired) electrons. The summed E-state index contributed by atoms with van der Waals surface area (Å²) in [6.45, 7) is 6.49. The summed E-state index contributed by atoms with van der Waals surface area (Å²) in [6.07, 6.45) is 6.32. The molecule has 126 valence electrons. The van der Waals surface area contributed by atoms with E-state index in [-0.39, 0.29) is 11.1 Å². The molecule has 0 heterocycles. The third kappa shape index (κ3) is 2.57. The highest BCUT2D eigenvalue weighted by Gasteiger charge is 2.50. The van der Waals surface area contributed by atoms with Crippen molar-refractivity contribution >= 4 is 43.4 Å². The molecular formula is C22H20Cl2Si. The summed E-state index contributed by atoms with van der Waals surface area (Å²) >= 11 is 13.6. The number of rotatable bonds is 4. The summed E-state index contributed by atoms with van der Waals surface area (Å²) < 4.78 is 0. The summed E-state index contributed by atoms with van der Waals surface area (Å²) in [7, 11) is -2.03. The fourth-order valence-corrected chi connectivity index (χ4v) is 11.4. The quantitative estimate of drug-likeness (QED) is 0.391. The lowest BCUT2D eigenvalue weighted by atomic mass is 10.1. The molecule has 2 aromatic rings. The van der Waals surface area contributed by atoms with Crippen molar-refractivity contribution in [2.75, 3.05) is 0 Å². The zero-order valence-corrected chi connectivity index (χ0v) is 16.7. The number of fused-ring (bicyclic) bond motifs is 2. The van der Waals surface area contributed by atoms with Crippen LogP contribution in [-0.2, 0) is 0 Å². The fraction of sp³-hybridized carbons (Fsp3) is 0.182. The van der Waals surface area contributed by atoms with E-state index in [4.69, 9.17) is 23.2 Å². The van der Waals surface area contributed by atoms with Crippen molar-refractivity contribution in [2.45, 2.75) is 23.7 Å². The minimum atomic E-state index is -2.03. The molecule has 2 atom stereocenters. The van der Waals surface area contributed by atoms with Crippen molar-refractivity contribution in [3.05, 3.63) is 93.5 Å². The Morgan fingerprint density at radius 2 is 1.32 bits per heavy atom. The second kappa shape index (κ2) is 6.32. The van der Waals surface area contributed by atoms with Crippen LogP contribution in [-0.4, -0.2) is 8.07 Å². The van der Waals surface area contributed by atoms with Gasteiger partial charge in [0.2, 0.25) is 0 Å². The molecule has 0 N–H and O–H groups in total. The van der Waals surface area contributed by atoms with Crippen LogP contribution in [0.3, 0.4) is 0 Å². The zero-order chi connectivity index (χ0) is 17.6. The molecule has 0 fully saturated rings. The fourth-order valence-electron chi connectivity index (χ4n) is 4.63. The van der Waals surface area contributed by atoms with E-state index >= 15 is 0 Å². The number of benzene rings is 2. The van der Waals surface area contributed by atoms with Crippen molar-refractivity contribution in [2.24, 2.45) is 0 Å². The molecule has 0 amide bonds. The smallest absolute Gasteiger partial charge is 0.0819 e. The Labute approximate surface area is 160 Å². The van der Waals surface area contributed by atoms with Gasteiger partial charge in [-0.25, -0.2) is 0 Å². The van der Waals surface area contributed by atoms with Gasteiger partial charge in [0.25, 0.3) is 0 Å². The highest BCUT2D eigenvalue weighted by atomic mass is 35.5. The van der Waals surface area contributed by atoms with Gasteiger partial charge in [-0.05, 0) is 40.4 Å². The van der Waals surface area contributed by atoms with E-state index in [9.17, 15) is 0 Å². The minimum Gasteiger partial charge on any atom is -0.103 e. The second-order valence-corrected chi connectivity index (χ2v) is 12.6. The van der Waals surface area contributed by atoms with E-state index in [0.29, 0.717) is 0 Å². The normalized spacial score (nSPS) is 23.3. The Morgan fingerprint density at radius 1 is 0.880 bits per heavy atom. The van der Waals surface area contributed by atoms with E-state index in [1.165, 1.54) is 22.3 Å². The van der Waals surface area contributed by atoms with Gasteiger partial charge in [0, 0.05) is 21.1 Å². The lowest BCUT2D eigenvalue weighted by molar-refractivity contribution is 1.01. The molecule has 0 aliphatic heterocycles. The van der Waals surface area contributed by atoms with Crippen LogP contribution >= 0.6 is 23.2 Å². The van der Waals surface area contributed by atoms with Gasteiger partial charge in [-0.3, -0.25) is 0 Å². The molecule has 0 saturated carbocycles. The van der Waals surface area contributed by atoms with Gasteiger partial charge < -0.3 is 0 Å². The molecule has 0 saturated heterocycles. The van der Waals surface area contributed by atoms with Crippen LogP contribution in [0.2, 0.25) is 12.6 Å². The van der Waals surface area contributed by atoms with Crippen LogP contribution < -0.4 is 0 Å². The molecule has 0 spiro atoms. The third-order valence-electron chi connectivity index (χ3n) is 5.66. The average Bonchev–Trinajstić information content (AvgIpc) is 3.10. The Hall–Kier alpha value is -1.54. The average molecular weight is 383 g/mol. The maximum absolute atomic E-state index is 6.82. The summed E-state index contributed by atoms with van der Waals surface area (Å²) in [6, 6.07) is 18.1. The first-order chi connectivity index (χ1) is 12.1. The van der Waals surface area contributed by atoms with Gasteiger partial charge in [0.15, 0.2) is 0 Å². The molecule has 2 aromatic carbocycles. The molecule has 25 heavy (non-hydrogen) atoms. The van der Waals surface area contributed by atoms with Crippen LogP contribution in [0.5, 0.6) is 0 Å². The summed E-state index contributed by atoms with van der Waals surface area (Å²) in [4.78, 5) is 0. The van der Waals surface area contributed by atoms with Gasteiger partial charge in [0.05, 0.1) is 8.07 Å². The molecule has 2 unspecified atom stereocenters. The number of hydrogen-bond acceptors (Lipinski definition) is 0. The maximum atomic E-state index is 6.82. The van der Waals surface area contributed by atoms with E-state index in [2.05, 4.69) is 79.9 Å². The topological polar surface area (TPSA) is 0 Å². The monoisotopic (exact) mass is 382 g/mol. The highest BCUT2D eigenvalue weighted by molar-refractivity contribution is 6.85. The van der Waals surface area contributed by atoms with Crippen molar-refractivity contribution in [1.82, 2.24) is 0 Å². The first-order valence-corrected chi connectivity index (χ1v) is 12.2. The summed E-state index contributed by atoms with van der Waals surface area (Å²) in [5.41, 5.74) is 5.68. The van der Waals surface area contributed by atoms with Crippen molar-refractivity contribution in [3.63, 3.8) is 0 Å². The molecule has 0 aromatic heterocycles. The second-order valence-electron chi connectivity index (χ2n) is 7.18. The molecule has 0 bridgehead atoms. The Balaban J connectivity index is 1.89. The van der Waals surface area contributed by atoms with Crippen LogP contribution in [0.25, 0.3) is 12.2 Å². The van der Waals surface area contributed by atoms with Crippen molar-refractivity contribution < 1.29 is 0 Å². The predicted molar refractivity (Wildman–Crippen MR) is 113 cm³/mol. The van der Waals surface area contributed by atoms with E-state index < -0.39 is 8.07 Å². The SMILES string of the molecule is C=CC[Si](C)(C1C(Cl)=Cc2ccccc21)C1C(Cl)=Cc2ccccc21. The van der Waals surface area contributed by atoms with Crippen LogP contribution in [0.15, 0.2) is 71.3 Å². The largest absolute Gasteiger partial charge is 0.103 e. The zero-order valence-electron chi connectivity index (χ0n) is 14.2. The Kier molecular flexibility index (Phi) is 4.27. The third-order valence-corrected chi connectivity index (χ3v) is 11.7. The lowest BCUT2D eigenvalue weighted by Gasteiger charge is -2.40. The molecule has 4 rings (SSSR count). The molecule has 0 nitrogen and oxygen atoms in total. The minimum absolute atomic E-state index is 0.252. The van der Waals surface area contributed by atoms with Gasteiger partial charge in [-0.2, -0.15) is 0 Å². The molecule has 2 aliphatic rings. The maximum Gasteiger partial charge on any atom is 0.0819 e. The Bertz CT molecular complexity index is 842. The number of allylic oxidation sites excluding steroid dienone is 3. The van der Waals surface area contributed by atoms with Gasteiger partial charge >= 0.3 is 0 Å². The van der Waals surface area contributed by atoms with Gasteiger partial charge in [-0.15, -0.1) is 6.58 Å². The number of halogens is 2. The number of hydrogen-bond donors (Lipinski definition) is 0. The van der Waals surface area contributed by atoms with Crippen LogP contribution in [0.4, 0.5) is 0 Å². The van der Waals surface area contributed by atoms with Crippen LogP contribution in [0, 0.1) is 0 Å². The van der Waals surface area contributed by atoms with Gasteiger partial charge in [-0.1, -0.05) is 84.4 Å². The molecule has 2 aliphatic carbocycles. The molecule has 3 heteroatoms. The van der Waals surface area contributed by atoms with Crippen LogP contribution in [0.1, 0.15) is 33.3 Å². The van der Waals surface area contributed by atoms with Crippen molar-refractivity contribution in [1.29, 1.82) is 0 Å². The Morgan fingerprint density at radius 3 is 1.76 bits per heavy atom. The van der Waals surface area contributed by atoms with Crippen molar-refractivity contribution in [3.8, 4) is 0 Å². The van der Waals surface area contributed by atoms with E-state index in [1.54, 1.807) is 0 Å².